The smallest absolute Gasteiger partial charge is 0.744 e. The van der Waals surface area contributed by atoms with Crippen LogP contribution >= 0.6 is 12.2 Å². The van der Waals surface area contributed by atoms with Crippen LogP contribution < -0.4 is 124 Å². The van der Waals surface area contributed by atoms with Crippen LogP contribution in [0.5, 0.6) is 5.75 Å². The van der Waals surface area contributed by atoms with Gasteiger partial charge in [0.1, 0.15) is 27.3 Å². The number of aromatic hydroxyl groups is 1. The number of nitrogens with one attached hydrogen (secondary N) is 2. The number of benzene rings is 3. The van der Waals surface area contributed by atoms with Crippen LogP contribution in [-0.4, -0.2) is 105 Å². The van der Waals surface area contributed by atoms with Crippen LogP contribution in [0.25, 0.3) is 6.08 Å². The predicted molar refractivity (Wildman–Crippen MR) is 189 cm³/mol. The van der Waals surface area contributed by atoms with Crippen molar-refractivity contribution in [2.45, 2.75) is 9.79 Å². The van der Waals surface area contributed by atoms with Gasteiger partial charge in [-0.1, -0.05) is 17.3 Å². The molecule has 0 unspecified atom stereocenters. The van der Waals surface area contributed by atoms with Gasteiger partial charge < -0.3 is 25.0 Å². The van der Waals surface area contributed by atoms with Gasteiger partial charge in [-0.05, 0) is 52.9 Å². The van der Waals surface area contributed by atoms with Crippen LogP contribution in [-0.2, 0) is 65.2 Å². The number of phenolic OH excluding ortho intramolecular Hbond substituents is 1. The summed E-state index contributed by atoms with van der Waals surface area (Å²) in [6.07, 6.45) is 3.92. The first-order chi connectivity index (χ1) is 25.8. The summed E-state index contributed by atoms with van der Waals surface area (Å²) in [5, 5.41) is 41.0. The third-order valence-electron chi connectivity index (χ3n) is 5.88. The number of hydrogen-bond acceptors (Lipinski definition) is 24. The largest absolute Gasteiger partial charge is 1.00 e. The molecule has 304 valence electrons. The minimum Gasteiger partial charge on any atom is -0.744 e. The summed E-state index contributed by atoms with van der Waals surface area (Å²) >= 11 is 4.15. The van der Waals surface area contributed by atoms with Gasteiger partial charge in [0.15, 0.2) is 9.84 Å². The van der Waals surface area contributed by atoms with Gasteiger partial charge in [0.05, 0.1) is 27.8 Å². The number of rotatable bonds is 13. The number of phenols is 1. The number of hydrogen-bond donors (Lipinski definition) is 5. The van der Waals surface area contributed by atoms with Gasteiger partial charge in [-0.25, -0.2) is 35.6 Å². The van der Waals surface area contributed by atoms with E-state index in [9.17, 15) is 47.9 Å². The minimum absolute atomic E-state index is 0. The van der Waals surface area contributed by atoms with Crippen molar-refractivity contribution in [3.8, 4) is 5.75 Å². The van der Waals surface area contributed by atoms with Crippen molar-refractivity contribution in [2.75, 3.05) is 23.5 Å². The molecule has 0 aromatic heterocycles. The van der Waals surface area contributed by atoms with E-state index in [4.69, 9.17) is 27.8 Å². The summed E-state index contributed by atoms with van der Waals surface area (Å²) in [6.45, 7) is -0.894. The first-order valence-corrected chi connectivity index (χ1v) is 21.2. The molecule has 1 aliphatic carbocycles. The van der Waals surface area contributed by atoms with Crippen LogP contribution in [0.3, 0.4) is 0 Å². The molecule has 3 aromatic carbocycles. The van der Waals surface area contributed by atoms with Crippen molar-refractivity contribution in [2.24, 2.45) is 15.3 Å². The quantitative estimate of drug-likeness (QED) is 0.0155. The number of hydrazone groups is 1. The SMILES string of the molecule is N=C1C(=NNc2cc[c-]cc2)[C-]=Cc2cc(S(=O)(=O)[O-])c(N=Nc3ccc(S(=O)(=O)CCOS(=O)(=O)[O-])cc3)c(O)c21.O=S(=O)(O)CC(=S)OOO.O=S(=O)=O.[Na+].[Na+].[Na+].[Na+]. The van der Waals surface area contributed by atoms with Crippen LogP contribution in [0.4, 0.5) is 17.1 Å². The van der Waals surface area contributed by atoms with Gasteiger partial charge in [-0.3, -0.25) is 13.6 Å². The molecule has 34 heteroatoms. The Morgan fingerprint density at radius 3 is 1.95 bits per heavy atom. The topological polar surface area (TPSA) is 395 Å². The van der Waals surface area contributed by atoms with E-state index in [1.807, 2.05) is 0 Å². The third-order valence-corrected chi connectivity index (χ3v) is 9.90. The Bertz CT molecular complexity index is 2610. The molecule has 3 aromatic rings. The van der Waals surface area contributed by atoms with Crippen LogP contribution in [0, 0.1) is 17.6 Å². The molecule has 0 saturated heterocycles. The van der Waals surface area contributed by atoms with E-state index >= 15 is 0 Å². The molecule has 0 atom stereocenters. The van der Waals surface area contributed by atoms with Crippen molar-refractivity contribution >= 4 is 103 Å². The van der Waals surface area contributed by atoms with E-state index in [0.29, 0.717) is 5.69 Å². The maximum Gasteiger partial charge on any atom is 1.00 e. The second kappa shape index (κ2) is 28.7. The summed E-state index contributed by atoms with van der Waals surface area (Å²) < 4.78 is 149. The average Bonchev–Trinajstić information content (AvgIpc) is 3.06. The van der Waals surface area contributed by atoms with Crippen molar-refractivity contribution < 1.29 is 203 Å². The van der Waals surface area contributed by atoms with Crippen LogP contribution in [0.1, 0.15) is 11.1 Å². The fourth-order valence-electron chi connectivity index (χ4n) is 3.73. The van der Waals surface area contributed by atoms with Gasteiger partial charge in [0, 0.05) is 0 Å². The molecule has 0 spiro atoms. The zero-order chi connectivity index (χ0) is 42.5. The molecule has 0 amide bonds. The monoisotopic (exact) mass is 991 g/mol. The Kier molecular flexibility index (Phi) is 30.3. The Labute approximate surface area is 437 Å². The molecule has 0 bridgehead atoms. The Balaban J connectivity index is -0.00000156. The standard InChI is InChI=1S/C24H19N5O10S3.C2H4O6S2.4Na.O3S/c25-22-19(28-26-16-4-2-1-3-5-16)11-6-15-14-20(41(33,34)35)23(24(30)21(15)22)29-27-17-7-9-18(10-8-17)40(31,32)13-12-39-42(36,37)38;3-8-7-2(9)1-10(4,5)6;;;;;1-4(2)3/h2-10,14,25-26,30H,12-13H2,(H,33,34,35)(H,36,37,38);3H,1H2,(H,4,5,6);;;;;/q-2;;4*+1;/p-2. The predicted octanol–water partition coefficient (Wildman–Crippen LogP) is -10.9. The molecule has 0 saturated carbocycles. The number of azo groups is 1. The fraction of sp³-hybridized carbons (Fsp3) is 0.115. The van der Waals surface area contributed by atoms with Gasteiger partial charge in [-0.15, -0.1) is 35.4 Å². The molecule has 1 aliphatic rings. The Morgan fingerprint density at radius 2 is 1.47 bits per heavy atom. The van der Waals surface area contributed by atoms with E-state index < -0.39 is 90.6 Å². The summed E-state index contributed by atoms with van der Waals surface area (Å²) in [4.78, 5) is 2.46. The molecule has 60 heavy (non-hydrogen) atoms. The number of thiocarbonyl (C=S) groups is 1. The van der Waals surface area contributed by atoms with Gasteiger partial charge in [0.25, 0.3) is 10.1 Å². The molecular weight excluding hydrogens is 971 g/mol. The molecule has 0 fully saturated rings. The average molecular weight is 992 g/mol. The molecule has 0 heterocycles. The molecule has 0 radical (unpaired) electrons. The minimum atomic E-state index is -5.20. The summed E-state index contributed by atoms with van der Waals surface area (Å²) in [5.74, 6) is -2.54. The fourth-order valence-corrected chi connectivity index (χ4v) is 6.68. The zero-order valence-corrected chi connectivity index (χ0v) is 44.0. The van der Waals surface area contributed by atoms with E-state index in [0.717, 1.165) is 30.3 Å². The number of sulfone groups is 1. The summed E-state index contributed by atoms with van der Waals surface area (Å²) in [6, 6.07) is 14.8. The van der Waals surface area contributed by atoms with E-state index in [1.165, 1.54) is 6.08 Å². The molecular formula is C26H21N5Na4O19S6. The number of anilines is 1. The van der Waals surface area contributed by atoms with Crippen molar-refractivity contribution in [3.05, 3.63) is 77.9 Å². The summed E-state index contributed by atoms with van der Waals surface area (Å²) in [7, 11) is -21.6. The van der Waals surface area contributed by atoms with Crippen molar-refractivity contribution in [1.82, 2.24) is 0 Å². The molecule has 4 rings (SSSR count). The second-order valence-electron chi connectivity index (χ2n) is 9.72. The van der Waals surface area contributed by atoms with Crippen LogP contribution in [0.15, 0.2) is 79.7 Å². The number of allylic oxidation sites excluding steroid dienone is 1. The normalized spacial score (nSPS) is 12.6. The molecule has 5 N–H and O–H groups in total. The Morgan fingerprint density at radius 1 is 0.917 bits per heavy atom. The first kappa shape index (κ1) is 63.3. The zero-order valence-electron chi connectivity index (χ0n) is 31.1. The first-order valence-electron chi connectivity index (χ1n) is 13.8. The van der Waals surface area contributed by atoms with Crippen molar-refractivity contribution in [3.63, 3.8) is 0 Å². The Hall–Kier alpha value is -0.990. The van der Waals surface area contributed by atoms with E-state index in [-0.39, 0.29) is 151 Å². The van der Waals surface area contributed by atoms with E-state index in [1.54, 1.807) is 24.3 Å². The third kappa shape index (κ3) is 23.1. The number of nitrogens with zero attached hydrogens (tertiary/aromatic N) is 3. The molecule has 24 nitrogen and oxygen atoms in total. The van der Waals surface area contributed by atoms with Crippen LogP contribution in [0.2, 0.25) is 0 Å². The second-order valence-corrected chi connectivity index (χ2v) is 16.5. The molecule has 0 aliphatic heterocycles. The van der Waals surface area contributed by atoms with Gasteiger partial charge in [-0.2, -0.15) is 43.9 Å². The van der Waals surface area contributed by atoms with Gasteiger partial charge >= 0.3 is 129 Å². The van der Waals surface area contributed by atoms with Crippen molar-refractivity contribution in [1.29, 1.82) is 5.41 Å². The maximum absolute atomic E-state index is 12.3. The van der Waals surface area contributed by atoms with Gasteiger partial charge in [0.2, 0.25) is 15.4 Å². The summed E-state index contributed by atoms with van der Waals surface area (Å²) in [5.41, 5.74) is 1.85. The maximum atomic E-state index is 12.3. The van der Waals surface area contributed by atoms with E-state index in [2.05, 4.69) is 59.2 Å². The number of fused-ring (bicyclic) bond motifs is 1.